The molecule has 0 bridgehead atoms. The van der Waals surface area contributed by atoms with Crippen LogP contribution >= 0.6 is 0 Å². The second-order valence-electron chi connectivity index (χ2n) is 6.46. The van der Waals surface area contributed by atoms with Crippen molar-refractivity contribution in [2.75, 3.05) is 26.2 Å². The molecular formula is C15H28N4O2. The molecule has 1 saturated carbocycles. The number of hydrogen-bond donors (Lipinski definition) is 3. The van der Waals surface area contributed by atoms with Gasteiger partial charge >= 0.3 is 6.03 Å². The fourth-order valence-corrected chi connectivity index (χ4v) is 3.40. The zero-order chi connectivity index (χ0) is 15.2. The zero-order valence-electron chi connectivity index (χ0n) is 12.9. The Morgan fingerprint density at radius 3 is 2.62 bits per heavy atom. The van der Waals surface area contributed by atoms with Crippen molar-refractivity contribution in [2.45, 2.75) is 45.1 Å². The standard InChI is InChI=1S/C15H28N4O2/c1-2-4-12-9-19(8-11-5-3-6-11)10-13(12)18-14(20)7-17-15(16)21/h11-13H,2-10H2,1H3,(H,18,20)(H3,16,17,21)/t12-,13-/m1/s1. The minimum Gasteiger partial charge on any atom is -0.352 e. The average molecular weight is 296 g/mol. The van der Waals surface area contributed by atoms with Gasteiger partial charge in [-0.3, -0.25) is 4.79 Å². The number of carbonyl (C=O) groups is 2. The Kier molecular flexibility index (Phi) is 5.85. The second kappa shape index (κ2) is 7.64. The highest BCUT2D eigenvalue weighted by molar-refractivity contribution is 5.83. The lowest BCUT2D eigenvalue weighted by molar-refractivity contribution is -0.120. The maximum Gasteiger partial charge on any atom is 0.312 e. The molecule has 1 heterocycles. The van der Waals surface area contributed by atoms with Crippen molar-refractivity contribution in [3.8, 4) is 0 Å². The van der Waals surface area contributed by atoms with E-state index in [4.69, 9.17) is 5.73 Å². The van der Waals surface area contributed by atoms with E-state index in [9.17, 15) is 9.59 Å². The predicted octanol–water partition coefficient (Wildman–Crippen LogP) is 0.672. The number of amides is 3. The zero-order valence-corrected chi connectivity index (χ0v) is 12.9. The first-order valence-corrected chi connectivity index (χ1v) is 8.13. The molecule has 2 fully saturated rings. The quantitative estimate of drug-likeness (QED) is 0.645. The smallest absolute Gasteiger partial charge is 0.312 e. The van der Waals surface area contributed by atoms with E-state index in [0.717, 1.165) is 31.8 Å². The van der Waals surface area contributed by atoms with Crippen LogP contribution in [0.15, 0.2) is 0 Å². The van der Waals surface area contributed by atoms with E-state index in [1.165, 1.54) is 25.8 Å². The predicted molar refractivity (Wildman–Crippen MR) is 81.7 cm³/mol. The first-order valence-electron chi connectivity index (χ1n) is 8.13. The average Bonchev–Trinajstić information content (AvgIpc) is 2.74. The number of rotatable bonds is 7. The van der Waals surface area contributed by atoms with Gasteiger partial charge in [0, 0.05) is 25.7 Å². The summed E-state index contributed by atoms with van der Waals surface area (Å²) in [6.45, 7) is 5.34. The summed E-state index contributed by atoms with van der Waals surface area (Å²) < 4.78 is 0. The summed E-state index contributed by atoms with van der Waals surface area (Å²) >= 11 is 0. The molecule has 0 spiro atoms. The van der Waals surface area contributed by atoms with Crippen molar-refractivity contribution in [3.05, 3.63) is 0 Å². The Morgan fingerprint density at radius 2 is 2.05 bits per heavy atom. The summed E-state index contributed by atoms with van der Waals surface area (Å²) in [6, 6.07) is -0.458. The molecule has 0 aromatic heterocycles. The lowest BCUT2D eigenvalue weighted by Gasteiger charge is -2.30. The molecule has 6 heteroatoms. The fraction of sp³-hybridized carbons (Fsp3) is 0.867. The van der Waals surface area contributed by atoms with Crippen LogP contribution in [0.25, 0.3) is 0 Å². The number of hydrogen-bond acceptors (Lipinski definition) is 3. The lowest BCUT2D eigenvalue weighted by atomic mass is 9.85. The number of urea groups is 1. The molecule has 4 N–H and O–H groups in total. The van der Waals surface area contributed by atoms with Crippen molar-refractivity contribution in [2.24, 2.45) is 17.6 Å². The maximum absolute atomic E-state index is 11.8. The van der Waals surface area contributed by atoms with Crippen molar-refractivity contribution < 1.29 is 9.59 Å². The van der Waals surface area contributed by atoms with Crippen LogP contribution in [0, 0.1) is 11.8 Å². The van der Waals surface area contributed by atoms with Gasteiger partial charge in [0.2, 0.25) is 5.91 Å². The van der Waals surface area contributed by atoms with Gasteiger partial charge in [-0.25, -0.2) is 4.79 Å². The Bertz CT molecular complexity index is 371. The Balaban J connectivity index is 1.80. The SMILES string of the molecule is CCC[C@@H]1CN(CC2CCC2)C[C@H]1NC(=O)CNC(N)=O. The van der Waals surface area contributed by atoms with E-state index < -0.39 is 6.03 Å². The molecule has 1 saturated heterocycles. The molecule has 2 rings (SSSR count). The summed E-state index contributed by atoms with van der Waals surface area (Å²) in [6.07, 6.45) is 6.35. The van der Waals surface area contributed by atoms with Gasteiger partial charge in [-0.05, 0) is 31.1 Å². The number of carbonyl (C=O) groups excluding carboxylic acids is 2. The summed E-state index contributed by atoms with van der Waals surface area (Å²) in [5.74, 6) is 1.23. The van der Waals surface area contributed by atoms with Gasteiger partial charge in [-0.15, -0.1) is 0 Å². The summed E-state index contributed by atoms with van der Waals surface area (Å²) in [7, 11) is 0. The molecular weight excluding hydrogens is 268 g/mol. The largest absolute Gasteiger partial charge is 0.352 e. The van der Waals surface area contributed by atoms with E-state index in [0.29, 0.717) is 5.92 Å². The van der Waals surface area contributed by atoms with Gasteiger partial charge in [0.1, 0.15) is 0 Å². The molecule has 6 nitrogen and oxygen atoms in total. The Morgan fingerprint density at radius 1 is 1.29 bits per heavy atom. The van der Waals surface area contributed by atoms with Crippen LogP contribution in [0.4, 0.5) is 4.79 Å². The van der Waals surface area contributed by atoms with E-state index in [1.807, 2.05) is 0 Å². The maximum atomic E-state index is 11.8. The molecule has 120 valence electrons. The van der Waals surface area contributed by atoms with Crippen molar-refractivity contribution >= 4 is 11.9 Å². The third kappa shape index (κ3) is 4.88. The van der Waals surface area contributed by atoms with Crippen LogP contribution in [0.5, 0.6) is 0 Å². The number of nitrogens with zero attached hydrogens (tertiary/aromatic N) is 1. The summed E-state index contributed by atoms with van der Waals surface area (Å²) in [4.78, 5) is 25.0. The van der Waals surface area contributed by atoms with E-state index >= 15 is 0 Å². The molecule has 0 unspecified atom stereocenters. The molecule has 0 radical (unpaired) electrons. The van der Waals surface area contributed by atoms with E-state index in [1.54, 1.807) is 0 Å². The third-order valence-electron chi connectivity index (χ3n) is 4.69. The molecule has 3 amide bonds. The number of nitrogens with two attached hydrogens (primary N) is 1. The van der Waals surface area contributed by atoms with Crippen molar-refractivity contribution in [3.63, 3.8) is 0 Å². The second-order valence-corrected chi connectivity index (χ2v) is 6.46. The Hall–Kier alpha value is -1.30. The van der Waals surface area contributed by atoms with Gasteiger partial charge in [-0.2, -0.15) is 0 Å². The number of nitrogens with one attached hydrogen (secondary N) is 2. The van der Waals surface area contributed by atoms with Gasteiger partial charge in [-0.1, -0.05) is 19.8 Å². The van der Waals surface area contributed by atoms with Gasteiger partial charge in [0.15, 0.2) is 0 Å². The normalized spacial score (nSPS) is 26.3. The Labute approximate surface area is 126 Å². The van der Waals surface area contributed by atoms with Gasteiger partial charge in [0.25, 0.3) is 0 Å². The highest BCUT2D eigenvalue weighted by atomic mass is 16.2. The summed E-state index contributed by atoms with van der Waals surface area (Å²) in [5.41, 5.74) is 4.98. The molecule has 2 aliphatic rings. The molecule has 0 aromatic rings. The van der Waals surface area contributed by atoms with E-state index in [2.05, 4.69) is 22.5 Å². The third-order valence-corrected chi connectivity index (χ3v) is 4.69. The van der Waals surface area contributed by atoms with Crippen LogP contribution in [-0.2, 0) is 4.79 Å². The van der Waals surface area contributed by atoms with Crippen molar-refractivity contribution in [1.82, 2.24) is 15.5 Å². The van der Waals surface area contributed by atoms with Crippen molar-refractivity contribution in [1.29, 1.82) is 0 Å². The summed E-state index contributed by atoms with van der Waals surface area (Å²) in [5, 5.41) is 5.40. The van der Waals surface area contributed by atoms with Crippen LogP contribution in [-0.4, -0.2) is 49.1 Å². The fourth-order valence-electron chi connectivity index (χ4n) is 3.40. The van der Waals surface area contributed by atoms with Crippen LogP contribution in [0.3, 0.4) is 0 Å². The van der Waals surface area contributed by atoms with Gasteiger partial charge < -0.3 is 21.3 Å². The molecule has 0 aromatic carbocycles. The van der Waals surface area contributed by atoms with Crippen LogP contribution < -0.4 is 16.4 Å². The van der Waals surface area contributed by atoms with Crippen LogP contribution in [0.1, 0.15) is 39.0 Å². The monoisotopic (exact) mass is 296 g/mol. The molecule has 1 aliphatic carbocycles. The minimum absolute atomic E-state index is 0.0344. The van der Waals surface area contributed by atoms with Gasteiger partial charge in [0.05, 0.1) is 6.54 Å². The first kappa shape index (κ1) is 16.1. The number of primary amides is 1. The lowest BCUT2D eigenvalue weighted by Crippen LogP contribution is -2.46. The molecule has 2 atom stereocenters. The minimum atomic E-state index is -0.659. The first-order chi connectivity index (χ1) is 10.1. The molecule has 21 heavy (non-hydrogen) atoms. The topological polar surface area (TPSA) is 87.5 Å². The number of likely N-dealkylation sites (tertiary alicyclic amines) is 1. The van der Waals surface area contributed by atoms with Crippen LogP contribution in [0.2, 0.25) is 0 Å². The van der Waals surface area contributed by atoms with E-state index in [-0.39, 0.29) is 18.5 Å². The molecule has 1 aliphatic heterocycles. The highest BCUT2D eigenvalue weighted by Crippen LogP contribution is 2.30. The highest BCUT2D eigenvalue weighted by Gasteiger charge is 2.34.